The predicted octanol–water partition coefficient (Wildman–Crippen LogP) is 1.47. The average molecular weight is 272 g/mol. The van der Waals surface area contributed by atoms with Gasteiger partial charge in [0, 0.05) is 18.6 Å². The van der Waals surface area contributed by atoms with Gasteiger partial charge < -0.3 is 4.74 Å². The number of alkyl halides is 3. The molecule has 0 saturated heterocycles. The number of rotatable bonds is 2. The number of aromatic nitrogens is 4. The first kappa shape index (κ1) is 13.0. The molecule has 0 aliphatic carbocycles. The second kappa shape index (κ2) is 4.67. The van der Waals surface area contributed by atoms with E-state index in [2.05, 4.69) is 19.8 Å². The van der Waals surface area contributed by atoms with Crippen LogP contribution >= 0.6 is 0 Å². The van der Waals surface area contributed by atoms with Crippen molar-refractivity contribution in [2.45, 2.75) is 6.18 Å². The van der Waals surface area contributed by atoms with Gasteiger partial charge in [-0.1, -0.05) is 0 Å². The van der Waals surface area contributed by atoms with Crippen molar-refractivity contribution in [2.75, 3.05) is 7.11 Å². The van der Waals surface area contributed by atoms with Crippen molar-refractivity contribution in [1.82, 2.24) is 19.7 Å². The molecule has 2 rings (SSSR count). The Balaban J connectivity index is 2.57. The molecule has 0 radical (unpaired) electrons. The van der Waals surface area contributed by atoms with Crippen molar-refractivity contribution in [1.29, 1.82) is 0 Å². The predicted molar refractivity (Wildman–Crippen MR) is 55.5 cm³/mol. The Kier molecular flexibility index (Phi) is 3.19. The van der Waals surface area contributed by atoms with Gasteiger partial charge in [-0.25, -0.2) is 19.4 Å². The molecule has 2 heterocycles. The normalized spacial score (nSPS) is 11.4. The number of carbonyl (C=O) groups excluding carboxylic acids is 1. The van der Waals surface area contributed by atoms with Crippen LogP contribution in [0.25, 0.3) is 5.95 Å². The number of ether oxygens (including phenoxy) is 1. The molecule has 19 heavy (non-hydrogen) atoms. The second-order valence-electron chi connectivity index (χ2n) is 3.37. The molecule has 2 aromatic heterocycles. The van der Waals surface area contributed by atoms with Crippen LogP contribution in [0.2, 0.25) is 0 Å². The van der Waals surface area contributed by atoms with Gasteiger partial charge >= 0.3 is 12.1 Å². The summed E-state index contributed by atoms with van der Waals surface area (Å²) in [6.07, 6.45) is -1.29. The van der Waals surface area contributed by atoms with E-state index in [0.29, 0.717) is 0 Å². The summed E-state index contributed by atoms with van der Waals surface area (Å²) in [7, 11) is 0.976. The van der Waals surface area contributed by atoms with Crippen LogP contribution in [0.1, 0.15) is 16.1 Å². The molecule has 100 valence electrons. The number of halogens is 3. The van der Waals surface area contributed by atoms with Crippen molar-refractivity contribution in [3.05, 3.63) is 35.9 Å². The van der Waals surface area contributed by atoms with E-state index in [-0.39, 0.29) is 5.95 Å². The van der Waals surface area contributed by atoms with Gasteiger partial charge in [-0.3, -0.25) is 0 Å². The molecule has 0 atom stereocenters. The summed E-state index contributed by atoms with van der Waals surface area (Å²) >= 11 is 0. The summed E-state index contributed by atoms with van der Waals surface area (Å²) in [5.41, 5.74) is -2.11. The zero-order valence-corrected chi connectivity index (χ0v) is 9.55. The van der Waals surface area contributed by atoms with Crippen LogP contribution in [0.15, 0.2) is 24.7 Å². The summed E-state index contributed by atoms with van der Waals surface area (Å²) in [5.74, 6) is -1.44. The topological polar surface area (TPSA) is 69.9 Å². The standard InChI is InChI=1S/C10H7F3N4O2/c1-19-8(18)6-5-14-9(17-4-2-3-15-17)16-7(6)10(11,12)13/h2-5H,1H3. The molecule has 0 fully saturated rings. The van der Waals surface area contributed by atoms with E-state index in [4.69, 9.17) is 0 Å². The third-order valence-corrected chi connectivity index (χ3v) is 2.16. The third kappa shape index (κ3) is 2.54. The van der Waals surface area contributed by atoms with Gasteiger partial charge in [0.15, 0.2) is 5.69 Å². The fourth-order valence-electron chi connectivity index (χ4n) is 1.35. The lowest BCUT2D eigenvalue weighted by Gasteiger charge is -2.11. The van der Waals surface area contributed by atoms with E-state index in [0.717, 1.165) is 18.0 Å². The average Bonchev–Trinajstić information content (AvgIpc) is 2.90. The van der Waals surface area contributed by atoms with E-state index in [1.807, 2.05) is 0 Å². The van der Waals surface area contributed by atoms with Gasteiger partial charge in [-0.05, 0) is 6.07 Å². The largest absolute Gasteiger partial charge is 0.465 e. The molecule has 0 bridgehead atoms. The van der Waals surface area contributed by atoms with Crippen LogP contribution in [0, 0.1) is 0 Å². The van der Waals surface area contributed by atoms with Crippen LogP contribution in [-0.2, 0) is 10.9 Å². The summed E-state index contributed by atoms with van der Waals surface area (Å²) < 4.78 is 43.8. The van der Waals surface area contributed by atoms with E-state index < -0.39 is 23.4 Å². The summed E-state index contributed by atoms with van der Waals surface area (Å²) in [6, 6.07) is 1.50. The van der Waals surface area contributed by atoms with Gasteiger partial charge in [0.25, 0.3) is 5.95 Å². The smallest absolute Gasteiger partial charge is 0.434 e. The first-order valence-corrected chi connectivity index (χ1v) is 4.96. The molecular formula is C10H7F3N4O2. The van der Waals surface area contributed by atoms with Gasteiger partial charge in [0.1, 0.15) is 5.56 Å². The molecule has 0 saturated carbocycles. The van der Waals surface area contributed by atoms with E-state index >= 15 is 0 Å². The maximum absolute atomic E-state index is 12.8. The number of carbonyl (C=O) groups is 1. The van der Waals surface area contributed by atoms with Gasteiger partial charge in [0.05, 0.1) is 7.11 Å². The molecule has 0 aromatic carbocycles. The number of methoxy groups -OCH3 is 1. The van der Waals surface area contributed by atoms with E-state index in [1.54, 1.807) is 0 Å². The maximum atomic E-state index is 12.8. The molecular weight excluding hydrogens is 265 g/mol. The highest BCUT2D eigenvalue weighted by atomic mass is 19.4. The first-order chi connectivity index (χ1) is 8.93. The van der Waals surface area contributed by atoms with Crippen molar-refractivity contribution in [3.63, 3.8) is 0 Å². The van der Waals surface area contributed by atoms with Crippen LogP contribution < -0.4 is 0 Å². The lowest BCUT2D eigenvalue weighted by Crippen LogP contribution is -2.19. The molecule has 0 spiro atoms. The number of hydrogen-bond donors (Lipinski definition) is 0. The fraction of sp³-hybridized carbons (Fsp3) is 0.200. The van der Waals surface area contributed by atoms with Crippen LogP contribution in [0.3, 0.4) is 0 Å². The third-order valence-electron chi connectivity index (χ3n) is 2.16. The van der Waals surface area contributed by atoms with Gasteiger partial charge in [-0.2, -0.15) is 18.3 Å². The lowest BCUT2D eigenvalue weighted by molar-refractivity contribution is -0.141. The number of esters is 1. The number of nitrogens with zero attached hydrogens (tertiary/aromatic N) is 4. The Morgan fingerprint density at radius 2 is 2.16 bits per heavy atom. The van der Waals surface area contributed by atoms with E-state index in [1.165, 1.54) is 18.5 Å². The minimum absolute atomic E-state index is 0.287. The minimum Gasteiger partial charge on any atom is -0.465 e. The fourth-order valence-corrected chi connectivity index (χ4v) is 1.35. The van der Waals surface area contributed by atoms with Crippen LogP contribution in [0.4, 0.5) is 13.2 Å². The molecule has 0 aliphatic rings. The Bertz CT molecular complexity index is 595. The molecule has 2 aromatic rings. The minimum atomic E-state index is -4.80. The van der Waals surface area contributed by atoms with Gasteiger partial charge in [0.2, 0.25) is 0 Å². The first-order valence-electron chi connectivity index (χ1n) is 4.96. The highest BCUT2D eigenvalue weighted by Gasteiger charge is 2.38. The maximum Gasteiger partial charge on any atom is 0.434 e. The Morgan fingerprint density at radius 3 is 2.68 bits per heavy atom. The molecule has 0 unspecified atom stereocenters. The van der Waals surface area contributed by atoms with Crippen molar-refractivity contribution < 1.29 is 22.7 Å². The summed E-state index contributed by atoms with van der Waals surface area (Å²) in [4.78, 5) is 18.2. The zero-order chi connectivity index (χ0) is 14.0. The Labute approximate surface area is 104 Å². The lowest BCUT2D eigenvalue weighted by atomic mass is 10.2. The molecule has 0 amide bonds. The molecule has 9 heteroatoms. The van der Waals surface area contributed by atoms with Gasteiger partial charge in [-0.15, -0.1) is 0 Å². The summed E-state index contributed by atoms with van der Waals surface area (Å²) in [5, 5.41) is 3.71. The highest BCUT2D eigenvalue weighted by Crippen LogP contribution is 2.30. The van der Waals surface area contributed by atoms with E-state index in [9.17, 15) is 18.0 Å². The summed E-state index contributed by atoms with van der Waals surface area (Å²) in [6.45, 7) is 0. The van der Waals surface area contributed by atoms with Crippen molar-refractivity contribution >= 4 is 5.97 Å². The van der Waals surface area contributed by atoms with Crippen molar-refractivity contribution in [2.24, 2.45) is 0 Å². The SMILES string of the molecule is COC(=O)c1cnc(-n2cccn2)nc1C(F)(F)F. The zero-order valence-electron chi connectivity index (χ0n) is 9.55. The van der Waals surface area contributed by atoms with Crippen LogP contribution in [-0.4, -0.2) is 32.8 Å². The second-order valence-corrected chi connectivity index (χ2v) is 3.37. The Hall–Kier alpha value is -2.45. The molecule has 0 N–H and O–H groups in total. The number of hydrogen-bond acceptors (Lipinski definition) is 5. The Morgan fingerprint density at radius 1 is 1.42 bits per heavy atom. The molecule has 0 aliphatic heterocycles. The molecule has 6 nitrogen and oxygen atoms in total. The van der Waals surface area contributed by atoms with Crippen molar-refractivity contribution in [3.8, 4) is 5.95 Å². The quantitative estimate of drug-likeness (QED) is 0.774. The van der Waals surface area contributed by atoms with Crippen LogP contribution in [0.5, 0.6) is 0 Å². The monoisotopic (exact) mass is 272 g/mol. The highest BCUT2D eigenvalue weighted by molar-refractivity contribution is 5.90.